The summed E-state index contributed by atoms with van der Waals surface area (Å²) in [7, 11) is 0. The molecule has 0 aliphatic heterocycles. The normalized spacial score (nSPS) is 27.2. The van der Waals surface area contributed by atoms with Crippen molar-refractivity contribution in [3.05, 3.63) is 11.6 Å². The predicted octanol–water partition coefficient (Wildman–Crippen LogP) is 5.05. The van der Waals surface area contributed by atoms with Crippen LogP contribution in [0.4, 0.5) is 0 Å². The lowest BCUT2D eigenvalue weighted by Crippen LogP contribution is -2.31. The molecule has 3 aliphatic carbocycles. The molecule has 1 unspecified atom stereocenters. The number of hydrogen-bond acceptors (Lipinski definition) is 2. The van der Waals surface area contributed by atoms with Crippen LogP contribution in [0.3, 0.4) is 0 Å². The molecule has 0 saturated heterocycles. The van der Waals surface area contributed by atoms with Crippen LogP contribution in [0.2, 0.25) is 0 Å². The number of hydrogen-bond donors (Lipinski definition) is 2. The molecular weight excluding hydrogens is 292 g/mol. The lowest BCUT2D eigenvalue weighted by Gasteiger charge is -2.26. The van der Waals surface area contributed by atoms with Crippen LogP contribution in [0.1, 0.15) is 83.5 Å². The molecule has 0 bridgehead atoms. The van der Waals surface area contributed by atoms with Gasteiger partial charge in [0.2, 0.25) is 0 Å². The summed E-state index contributed by atoms with van der Waals surface area (Å²) in [6, 6.07) is 0. The summed E-state index contributed by atoms with van der Waals surface area (Å²) >= 11 is 0. The average Bonchev–Trinajstić information content (AvgIpc) is 2.65. The molecule has 0 amide bonds. The van der Waals surface area contributed by atoms with E-state index >= 15 is 0 Å². The van der Waals surface area contributed by atoms with Crippen LogP contribution >= 0.6 is 0 Å². The van der Waals surface area contributed by atoms with E-state index in [0.29, 0.717) is 0 Å². The van der Waals surface area contributed by atoms with Crippen molar-refractivity contribution < 1.29 is 0 Å². The Morgan fingerprint density at radius 2 is 1.25 bits per heavy atom. The quantitative estimate of drug-likeness (QED) is 0.608. The third-order valence-electron chi connectivity index (χ3n) is 6.71. The molecule has 0 aromatic rings. The van der Waals surface area contributed by atoms with Crippen molar-refractivity contribution >= 4 is 0 Å². The lowest BCUT2D eigenvalue weighted by atomic mass is 9.87. The van der Waals surface area contributed by atoms with E-state index in [-0.39, 0.29) is 0 Å². The lowest BCUT2D eigenvalue weighted by molar-refractivity contribution is 0.326. The van der Waals surface area contributed by atoms with Gasteiger partial charge in [-0.05, 0) is 82.3 Å². The fraction of sp³-hybridized carbons (Fsp3) is 0.909. The van der Waals surface area contributed by atoms with Crippen molar-refractivity contribution in [3.63, 3.8) is 0 Å². The first-order valence-corrected chi connectivity index (χ1v) is 11.0. The summed E-state index contributed by atoms with van der Waals surface area (Å²) in [5.41, 5.74) is 1.68. The highest BCUT2D eigenvalue weighted by atomic mass is 14.9. The summed E-state index contributed by atoms with van der Waals surface area (Å²) in [4.78, 5) is 0. The smallest absolute Gasteiger partial charge is 0.0164 e. The van der Waals surface area contributed by atoms with Crippen LogP contribution in [0.15, 0.2) is 11.6 Å². The molecule has 2 heteroatoms. The molecule has 0 heterocycles. The van der Waals surface area contributed by atoms with Gasteiger partial charge in [0.1, 0.15) is 0 Å². The molecule has 138 valence electrons. The molecule has 0 spiro atoms. The predicted molar refractivity (Wildman–Crippen MR) is 104 cm³/mol. The van der Waals surface area contributed by atoms with Gasteiger partial charge in [0.25, 0.3) is 0 Å². The SMILES string of the molecule is C1=C(CNCC2CCCCC2)CCC(CNCC2CCCCC2)C1. The Bertz CT molecular complexity index is 364. The van der Waals surface area contributed by atoms with Crippen molar-refractivity contribution in [1.82, 2.24) is 10.6 Å². The minimum Gasteiger partial charge on any atom is -0.316 e. The van der Waals surface area contributed by atoms with E-state index in [0.717, 1.165) is 24.3 Å². The van der Waals surface area contributed by atoms with E-state index in [1.54, 1.807) is 5.57 Å². The van der Waals surface area contributed by atoms with Crippen molar-refractivity contribution in [2.45, 2.75) is 83.5 Å². The molecule has 0 aromatic heterocycles. The van der Waals surface area contributed by atoms with Crippen molar-refractivity contribution in [3.8, 4) is 0 Å². The van der Waals surface area contributed by atoms with Crippen LogP contribution in [0, 0.1) is 17.8 Å². The summed E-state index contributed by atoms with van der Waals surface area (Å²) in [6.07, 6.45) is 21.2. The number of allylic oxidation sites excluding steroid dienone is 1. The maximum atomic E-state index is 3.78. The maximum absolute atomic E-state index is 3.78. The van der Waals surface area contributed by atoms with E-state index in [1.165, 1.54) is 103 Å². The largest absolute Gasteiger partial charge is 0.316 e. The average molecular weight is 333 g/mol. The zero-order valence-electron chi connectivity index (χ0n) is 15.8. The molecule has 3 rings (SSSR count). The molecule has 0 aromatic carbocycles. The number of nitrogens with one attached hydrogen (secondary N) is 2. The molecule has 2 saturated carbocycles. The minimum atomic E-state index is 0.885. The molecule has 0 radical (unpaired) electrons. The zero-order chi connectivity index (χ0) is 16.5. The highest BCUT2D eigenvalue weighted by molar-refractivity contribution is 5.08. The molecule has 2 fully saturated rings. The van der Waals surface area contributed by atoms with E-state index < -0.39 is 0 Å². The van der Waals surface area contributed by atoms with E-state index in [9.17, 15) is 0 Å². The standard InChI is InChI=1S/C22H40N2/c1-3-7-19(8-4-1)15-23-17-21-11-13-22(14-12-21)18-24-16-20-9-5-2-6-10-20/h11,19-20,22-24H,1-10,12-18H2. The summed E-state index contributed by atoms with van der Waals surface area (Å²) in [5.74, 6) is 2.81. The molecular formula is C22H40N2. The Balaban J connectivity index is 1.24. The Morgan fingerprint density at radius 3 is 1.83 bits per heavy atom. The number of rotatable bonds is 8. The van der Waals surface area contributed by atoms with Gasteiger partial charge >= 0.3 is 0 Å². The zero-order valence-corrected chi connectivity index (χ0v) is 15.8. The fourth-order valence-electron chi connectivity index (χ4n) is 5.00. The molecule has 3 aliphatic rings. The molecule has 24 heavy (non-hydrogen) atoms. The molecule has 2 N–H and O–H groups in total. The third-order valence-corrected chi connectivity index (χ3v) is 6.71. The van der Waals surface area contributed by atoms with Crippen LogP contribution in [0.25, 0.3) is 0 Å². The Hall–Kier alpha value is -0.340. The van der Waals surface area contributed by atoms with Crippen LogP contribution in [-0.2, 0) is 0 Å². The van der Waals surface area contributed by atoms with Crippen molar-refractivity contribution in [1.29, 1.82) is 0 Å². The molecule has 2 nitrogen and oxygen atoms in total. The van der Waals surface area contributed by atoms with Crippen LogP contribution < -0.4 is 10.6 Å². The first-order valence-electron chi connectivity index (χ1n) is 11.0. The Morgan fingerprint density at radius 1 is 0.667 bits per heavy atom. The summed E-state index contributed by atoms with van der Waals surface area (Å²) < 4.78 is 0. The van der Waals surface area contributed by atoms with Crippen molar-refractivity contribution in [2.24, 2.45) is 17.8 Å². The van der Waals surface area contributed by atoms with E-state index in [2.05, 4.69) is 16.7 Å². The fourth-order valence-corrected chi connectivity index (χ4v) is 5.00. The van der Waals surface area contributed by atoms with Crippen LogP contribution in [0.5, 0.6) is 0 Å². The van der Waals surface area contributed by atoms with Gasteiger partial charge in [0.15, 0.2) is 0 Å². The summed E-state index contributed by atoms with van der Waals surface area (Å²) in [5, 5.41) is 7.52. The van der Waals surface area contributed by atoms with Gasteiger partial charge in [-0.2, -0.15) is 0 Å². The van der Waals surface area contributed by atoms with Gasteiger partial charge in [-0.1, -0.05) is 50.2 Å². The van der Waals surface area contributed by atoms with Crippen LogP contribution in [-0.4, -0.2) is 26.2 Å². The topological polar surface area (TPSA) is 24.1 Å². The van der Waals surface area contributed by atoms with E-state index in [1.807, 2.05) is 0 Å². The first kappa shape index (κ1) is 18.5. The van der Waals surface area contributed by atoms with Gasteiger partial charge in [0, 0.05) is 6.54 Å². The first-order chi connectivity index (χ1) is 11.9. The van der Waals surface area contributed by atoms with Gasteiger partial charge in [-0.15, -0.1) is 0 Å². The third kappa shape index (κ3) is 6.52. The Kier molecular flexibility index (Phi) is 8.15. The highest BCUT2D eigenvalue weighted by Gasteiger charge is 2.17. The molecule has 1 atom stereocenters. The summed E-state index contributed by atoms with van der Waals surface area (Å²) in [6.45, 7) is 4.92. The minimum absolute atomic E-state index is 0.885. The van der Waals surface area contributed by atoms with Gasteiger partial charge in [-0.25, -0.2) is 0 Å². The highest BCUT2D eigenvalue weighted by Crippen LogP contribution is 2.25. The second kappa shape index (κ2) is 10.6. The monoisotopic (exact) mass is 332 g/mol. The van der Waals surface area contributed by atoms with Gasteiger partial charge in [-0.3, -0.25) is 0 Å². The Labute approximate surface area is 150 Å². The van der Waals surface area contributed by atoms with Crippen molar-refractivity contribution in [2.75, 3.05) is 26.2 Å². The van der Waals surface area contributed by atoms with Gasteiger partial charge in [0.05, 0.1) is 0 Å². The van der Waals surface area contributed by atoms with Gasteiger partial charge < -0.3 is 10.6 Å². The second-order valence-corrected chi connectivity index (χ2v) is 8.80. The maximum Gasteiger partial charge on any atom is 0.0164 e. The second-order valence-electron chi connectivity index (χ2n) is 8.80. The van der Waals surface area contributed by atoms with E-state index in [4.69, 9.17) is 0 Å².